The highest BCUT2D eigenvalue weighted by atomic mass is 32.1. The first-order chi connectivity index (χ1) is 11.3. The molecule has 1 atom stereocenters. The highest BCUT2D eigenvalue weighted by molar-refractivity contribution is 7.80. The second-order valence-electron chi connectivity index (χ2n) is 7.03. The summed E-state index contributed by atoms with van der Waals surface area (Å²) in [4.78, 5) is 16.7. The lowest BCUT2D eigenvalue weighted by Gasteiger charge is -2.39. The summed E-state index contributed by atoms with van der Waals surface area (Å²) in [5, 5.41) is 4.15. The molecule has 1 aromatic carbocycles. The number of carbonyl (C=O) groups excluding carboxylic acids is 1. The Morgan fingerprint density at radius 2 is 1.88 bits per heavy atom. The molecule has 1 heterocycles. The van der Waals surface area contributed by atoms with Crippen molar-refractivity contribution >= 4 is 23.2 Å². The van der Waals surface area contributed by atoms with Crippen LogP contribution in [0.15, 0.2) is 29.5 Å². The summed E-state index contributed by atoms with van der Waals surface area (Å²) in [7, 11) is 3.60. The van der Waals surface area contributed by atoms with Crippen molar-refractivity contribution in [2.75, 3.05) is 14.1 Å². The summed E-state index contributed by atoms with van der Waals surface area (Å²) >= 11 is 5.62. The molecule has 0 spiro atoms. The summed E-state index contributed by atoms with van der Waals surface area (Å²) < 4.78 is 0. The minimum atomic E-state index is -0.193. The Labute approximate surface area is 149 Å². The van der Waals surface area contributed by atoms with Crippen molar-refractivity contribution in [3.05, 3.63) is 46.2 Å². The third-order valence-electron chi connectivity index (χ3n) is 4.94. The SMILES string of the molecule is CC1=C(C(=O)N(C)C)[C@@H](c2ccc(C)c(C)c2)NC(=S)N1C1CC1. The average Bonchev–Trinajstić information content (AvgIpc) is 3.33. The van der Waals surface area contributed by atoms with Crippen LogP contribution in [0.3, 0.4) is 0 Å². The number of rotatable bonds is 3. The van der Waals surface area contributed by atoms with Gasteiger partial charge in [-0.15, -0.1) is 0 Å². The maximum Gasteiger partial charge on any atom is 0.253 e. The average molecular weight is 343 g/mol. The molecule has 1 fully saturated rings. The Morgan fingerprint density at radius 3 is 2.42 bits per heavy atom. The predicted octanol–water partition coefficient (Wildman–Crippen LogP) is 3.06. The first-order valence-electron chi connectivity index (χ1n) is 8.40. The fourth-order valence-corrected chi connectivity index (χ4v) is 3.65. The lowest BCUT2D eigenvalue weighted by molar-refractivity contribution is -0.125. The monoisotopic (exact) mass is 343 g/mol. The van der Waals surface area contributed by atoms with Crippen molar-refractivity contribution in [2.24, 2.45) is 0 Å². The van der Waals surface area contributed by atoms with Gasteiger partial charge in [0.1, 0.15) is 0 Å². The Bertz CT molecular complexity index is 734. The second kappa shape index (κ2) is 6.20. The maximum atomic E-state index is 12.9. The number of nitrogens with one attached hydrogen (secondary N) is 1. The van der Waals surface area contributed by atoms with E-state index in [9.17, 15) is 4.79 Å². The highest BCUT2D eigenvalue weighted by Crippen LogP contribution is 2.38. The lowest BCUT2D eigenvalue weighted by atomic mass is 9.92. The molecule has 1 saturated carbocycles. The number of likely N-dealkylation sites (N-methyl/N-ethyl adjacent to an activating group) is 1. The van der Waals surface area contributed by atoms with Crippen LogP contribution in [-0.2, 0) is 4.79 Å². The van der Waals surface area contributed by atoms with Crippen molar-refractivity contribution in [1.29, 1.82) is 0 Å². The van der Waals surface area contributed by atoms with Gasteiger partial charge in [0, 0.05) is 25.8 Å². The van der Waals surface area contributed by atoms with Crippen LogP contribution in [0.25, 0.3) is 0 Å². The molecular formula is C19H25N3OS. The number of carbonyl (C=O) groups is 1. The highest BCUT2D eigenvalue weighted by Gasteiger charge is 2.40. The van der Waals surface area contributed by atoms with Crippen molar-refractivity contribution in [3.8, 4) is 0 Å². The Balaban J connectivity index is 2.10. The molecule has 0 bridgehead atoms. The van der Waals surface area contributed by atoms with Crippen LogP contribution in [0.1, 0.15) is 42.5 Å². The number of thiocarbonyl (C=S) groups is 1. The molecule has 1 amide bonds. The summed E-state index contributed by atoms with van der Waals surface area (Å²) in [6, 6.07) is 6.59. The third kappa shape index (κ3) is 2.93. The second-order valence-corrected chi connectivity index (χ2v) is 7.41. The van der Waals surface area contributed by atoms with Crippen LogP contribution in [0.4, 0.5) is 0 Å². The molecule has 4 nitrogen and oxygen atoms in total. The molecule has 0 unspecified atom stereocenters. The van der Waals surface area contributed by atoms with Crippen molar-refractivity contribution in [2.45, 2.75) is 45.7 Å². The predicted molar refractivity (Wildman–Crippen MR) is 101 cm³/mol. The number of benzene rings is 1. The van der Waals surface area contributed by atoms with E-state index in [1.165, 1.54) is 11.1 Å². The van der Waals surface area contributed by atoms with E-state index in [1.54, 1.807) is 19.0 Å². The largest absolute Gasteiger partial charge is 0.351 e. The first kappa shape index (κ1) is 17.0. The van der Waals surface area contributed by atoms with Gasteiger partial charge in [-0.05, 0) is 62.5 Å². The van der Waals surface area contributed by atoms with E-state index < -0.39 is 0 Å². The molecular weight excluding hydrogens is 318 g/mol. The van der Waals surface area contributed by atoms with E-state index in [0.717, 1.165) is 34.8 Å². The zero-order valence-electron chi connectivity index (χ0n) is 15.0. The van der Waals surface area contributed by atoms with Gasteiger partial charge in [0.25, 0.3) is 5.91 Å². The van der Waals surface area contributed by atoms with Crippen LogP contribution < -0.4 is 5.32 Å². The van der Waals surface area contributed by atoms with Crippen LogP contribution >= 0.6 is 12.2 Å². The number of hydrogen-bond acceptors (Lipinski definition) is 2. The van der Waals surface area contributed by atoms with Crippen molar-refractivity contribution < 1.29 is 4.79 Å². The molecule has 1 aliphatic carbocycles. The molecule has 2 aliphatic rings. The first-order valence-corrected chi connectivity index (χ1v) is 8.81. The molecule has 1 aromatic rings. The van der Waals surface area contributed by atoms with E-state index in [4.69, 9.17) is 12.2 Å². The molecule has 1 aliphatic heterocycles. The topological polar surface area (TPSA) is 35.6 Å². The number of aryl methyl sites for hydroxylation is 2. The summed E-state index contributed by atoms with van der Waals surface area (Å²) in [5.41, 5.74) is 5.34. The summed E-state index contributed by atoms with van der Waals surface area (Å²) in [5.74, 6) is 0.0383. The van der Waals surface area contributed by atoms with Gasteiger partial charge in [-0.2, -0.15) is 0 Å². The van der Waals surface area contributed by atoms with Gasteiger partial charge in [-0.3, -0.25) is 4.79 Å². The quantitative estimate of drug-likeness (QED) is 0.856. The number of hydrogen-bond donors (Lipinski definition) is 1. The molecule has 1 N–H and O–H groups in total. The van der Waals surface area contributed by atoms with E-state index in [-0.39, 0.29) is 11.9 Å². The number of amides is 1. The van der Waals surface area contributed by atoms with E-state index >= 15 is 0 Å². The molecule has 24 heavy (non-hydrogen) atoms. The van der Waals surface area contributed by atoms with Crippen LogP contribution in [-0.4, -0.2) is 41.0 Å². The maximum absolute atomic E-state index is 12.9. The van der Waals surface area contributed by atoms with E-state index in [1.807, 2.05) is 6.92 Å². The number of allylic oxidation sites excluding steroid dienone is 1. The molecule has 0 aromatic heterocycles. The van der Waals surface area contributed by atoms with Crippen LogP contribution in [0, 0.1) is 13.8 Å². The van der Waals surface area contributed by atoms with E-state index in [2.05, 4.69) is 42.3 Å². The summed E-state index contributed by atoms with van der Waals surface area (Å²) in [6.07, 6.45) is 2.27. The number of nitrogens with zero attached hydrogens (tertiary/aromatic N) is 2. The molecule has 128 valence electrons. The zero-order chi connectivity index (χ0) is 17.6. The fourth-order valence-electron chi connectivity index (χ4n) is 3.24. The fraction of sp³-hybridized carbons (Fsp3) is 0.474. The Kier molecular flexibility index (Phi) is 4.38. The molecule has 3 rings (SSSR count). The minimum Gasteiger partial charge on any atom is -0.351 e. The van der Waals surface area contributed by atoms with Crippen LogP contribution in [0.5, 0.6) is 0 Å². The Morgan fingerprint density at radius 1 is 1.21 bits per heavy atom. The lowest BCUT2D eigenvalue weighted by Crippen LogP contribution is -2.49. The third-order valence-corrected chi connectivity index (χ3v) is 5.25. The van der Waals surface area contributed by atoms with Crippen molar-refractivity contribution in [1.82, 2.24) is 15.1 Å². The zero-order valence-corrected chi connectivity index (χ0v) is 15.8. The van der Waals surface area contributed by atoms with Gasteiger partial charge < -0.3 is 15.1 Å². The van der Waals surface area contributed by atoms with Crippen molar-refractivity contribution in [3.63, 3.8) is 0 Å². The van der Waals surface area contributed by atoms with Crippen LogP contribution in [0.2, 0.25) is 0 Å². The smallest absolute Gasteiger partial charge is 0.253 e. The molecule has 0 radical (unpaired) electrons. The molecule has 5 heteroatoms. The molecule has 0 saturated heterocycles. The normalized spacial score (nSPS) is 21.0. The summed E-state index contributed by atoms with van der Waals surface area (Å²) in [6.45, 7) is 6.22. The Hall–Kier alpha value is -1.88. The van der Waals surface area contributed by atoms with Gasteiger partial charge >= 0.3 is 0 Å². The van der Waals surface area contributed by atoms with E-state index in [0.29, 0.717) is 6.04 Å². The standard InChI is InChI=1S/C19H25N3OS/c1-11-6-7-14(10-12(11)2)17-16(18(23)21(4)5)13(3)22(15-8-9-15)19(24)20-17/h6-7,10,15,17H,8-9H2,1-5H3,(H,20,24)/t17-/m1/s1. The minimum absolute atomic E-state index is 0.0383. The van der Waals surface area contributed by atoms with Gasteiger partial charge in [0.15, 0.2) is 5.11 Å². The van der Waals surface area contributed by atoms with Gasteiger partial charge in [-0.1, -0.05) is 18.2 Å². The van der Waals surface area contributed by atoms with Gasteiger partial charge in [0.2, 0.25) is 0 Å². The van der Waals surface area contributed by atoms with Gasteiger partial charge in [0.05, 0.1) is 11.6 Å². The van der Waals surface area contributed by atoms with Gasteiger partial charge in [-0.25, -0.2) is 0 Å².